The number of benzene rings is 8. The smallest absolute Gasteiger partial charge is 0.204 e. The molecule has 254 valence electrons. The molecule has 0 saturated carbocycles. The van der Waals surface area contributed by atoms with E-state index >= 15 is 0 Å². The summed E-state index contributed by atoms with van der Waals surface area (Å²) >= 11 is 0. The standard InChI is InChI=1S/C49H33N5/c1-4-15-33(16-5-1)47-50-48(34-17-6-2-7-18-34)52-49(51-47)54-42-23-13-12-22-39(42)40-30-35(25-27-43(40)54)36-26-28-44-41(31-36)46-38-21-11-10-14-32(38)24-29-45(46)53(44)37-19-8-3-9-20-37/h1-31,49H,(H,50,51,52). The Morgan fingerprint density at radius 2 is 1.02 bits per heavy atom. The SMILES string of the molecule is c1ccc(C2=NC(n3c4ccccc4c4cc(-c5ccc6c(c5)c5c7ccccc7ccc5n6-c5ccccc5)ccc43)NC(c3ccccc3)=N2)cc1. The van der Waals surface area contributed by atoms with E-state index < -0.39 is 6.29 Å². The quantitative estimate of drug-likeness (QED) is 0.192. The van der Waals surface area contributed by atoms with Crippen molar-refractivity contribution in [3.05, 3.63) is 199 Å². The number of nitrogens with one attached hydrogen (secondary N) is 1. The van der Waals surface area contributed by atoms with Gasteiger partial charge in [-0.2, -0.15) is 0 Å². The number of hydrogen-bond donors (Lipinski definition) is 1. The van der Waals surface area contributed by atoms with Crippen molar-refractivity contribution in [1.29, 1.82) is 0 Å². The molecule has 8 aromatic carbocycles. The molecule has 0 aliphatic carbocycles. The first-order valence-corrected chi connectivity index (χ1v) is 18.4. The van der Waals surface area contributed by atoms with Crippen LogP contribution in [-0.4, -0.2) is 20.8 Å². The van der Waals surface area contributed by atoms with Crippen molar-refractivity contribution in [2.75, 3.05) is 0 Å². The fourth-order valence-electron chi connectivity index (χ4n) is 8.30. The second kappa shape index (κ2) is 12.2. The lowest BCUT2D eigenvalue weighted by atomic mass is 9.99. The second-order valence-corrected chi connectivity index (χ2v) is 13.9. The third-order valence-electron chi connectivity index (χ3n) is 10.8. The van der Waals surface area contributed by atoms with Crippen LogP contribution in [-0.2, 0) is 0 Å². The summed E-state index contributed by atoms with van der Waals surface area (Å²) in [5, 5.41) is 11.1. The maximum absolute atomic E-state index is 5.25. The molecule has 1 unspecified atom stereocenters. The van der Waals surface area contributed by atoms with Crippen LogP contribution >= 0.6 is 0 Å². The van der Waals surface area contributed by atoms with Gasteiger partial charge in [-0.25, -0.2) is 9.98 Å². The summed E-state index contributed by atoms with van der Waals surface area (Å²) in [6.07, 6.45) is -0.407. The lowest BCUT2D eigenvalue weighted by Gasteiger charge is -2.25. The van der Waals surface area contributed by atoms with E-state index in [-0.39, 0.29) is 0 Å². The lowest BCUT2D eigenvalue weighted by Crippen LogP contribution is -2.36. The highest BCUT2D eigenvalue weighted by atomic mass is 15.3. The van der Waals surface area contributed by atoms with Gasteiger partial charge in [0.25, 0.3) is 0 Å². The molecule has 0 radical (unpaired) electrons. The number of aliphatic imine (C=N–C) groups is 2. The molecule has 1 N–H and O–H groups in total. The average Bonchev–Trinajstić information content (AvgIpc) is 3.77. The Morgan fingerprint density at radius 1 is 0.426 bits per heavy atom. The van der Waals surface area contributed by atoms with Crippen molar-refractivity contribution in [1.82, 2.24) is 14.5 Å². The molecular weight excluding hydrogens is 659 g/mol. The second-order valence-electron chi connectivity index (χ2n) is 13.9. The summed E-state index contributed by atoms with van der Waals surface area (Å²) in [6.45, 7) is 0. The maximum Gasteiger partial charge on any atom is 0.204 e. The molecule has 5 heteroatoms. The molecule has 10 aromatic rings. The van der Waals surface area contributed by atoms with Gasteiger partial charge in [0.2, 0.25) is 6.29 Å². The normalized spacial score (nSPS) is 14.5. The maximum atomic E-state index is 5.25. The van der Waals surface area contributed by atoms with Gasteiger partial charge in [-0.05, 0) is 70.4 Å². The van der Waals surface area contributed by atoms with Gasteiger partial charge in [-0.3, -0.25) is 0 Å². The minimum atomic E-state index is -0.407. The molecule has 11 rings (SSSR count). The molecule has 2 aromatic heterocycles. The summed E-state index contributed by atoms with van der Waals surface area (Å²) in [4.78, 5) is 10.3. The van der Waals surface area contributed by atoms with Gasteiger partial charge in [0, 0.05) is 38.4 Å². The zero-order valence-electron chi connectivity index (χ0n) is 29.3. The van der Waals surface area contributed by atoms with Crippen LogP contribution in [0.2, 0.25) is 0 Å². The number of hydrogen-bond acceptors (Lipinski definition) is 3. The van der Waals surface area contributed by atoms with Crippen molar-refractivity contribution in [3.8, 4) is 16.8 Å². The van der Waals surface area contributed by atoms with Gasteiger partial charge in [-0.1, -0.05) is 140 Å². The average molecular weight is 692 g/mol. The molecule has 5 nitrogen and oxygen atoms in total. The molecule has 54 heavy (non-hydrogen) atoms. The first kappa shape index (κ1) is 30.4. The van der Waals surface area contributed by atoms with Crippen LogP contribution in [0.4, 0.5) is 0 Å². The summed E-state index contributed by atoms with van der Waals surface area (Å²) in [5.41, 5.74) is 10.1. The van der Waals surface area contributed by atoms with E-state index in [1.165, 1.54) is 54.5 Å². The molecular formula is C49H33N5. The van der Waals surface area contributed by atoms with E-state index in [2.05, 4.69) is 166 Å². The Morgan fingerprint density at radius 3 is 1.80 bits per heavy atom. The van der Waals surface area contributed by atoms with Crippen LogP contribution in [0.25, 0.3) is 71.2 Å². The van der Waals surface area contributed by atoms with Crippen molar-refractivity contribution in [2.24, 2.45) is 9.98 Å². The number of rotatable bonds is 5. The molecule has 0 saturated heterocycles. The van der Waals surface area contributed by atoms with E-state index in [0.717, 1.165) is 33.7 Å². The van der Waals surface area contributed by atoms with Crippen molar-refractivity contribution >= 4 is 66.1 Å². The van der Waals surface area contributed by atoms with E-state index in [1.54, 1.807) is 0 Å². The third kappa shape index (κ3) is 4.79. The molecule has 1 aliphatic rings. The minimum Gasteiger partial charge on any atom is -0.331 e. The Balaban J connectivity index is 1.10. The lowest BCUT2D eigenvalue weighted by molar-refractivity contribution is 0.516. The van der Waals surface area contributed by atoms with E-state index in [1.807, 2.05) is 36.4 Å². The van der Waals surface area contributed by atoms with Crippen LogP contribution < -0.4 is 5.32 Å². The zero-order valence-corrected chi connectivity index (χ0v) is 29.3. The molecule has 0 amide bonds. The largest absolute Gasteiger partial charge is 0.331 e. The molecule has 1 atom stereocenters. The summed E-state index contributed by atoms with van der Waals surface area (Å²) in [5.74, 6) is 1.50. The number of nitrogens with zero attached hydrogens (tertiary/aromatic N) is 4. The van der Waals surface area contributed by atoms with Crippen molar-refractivity contribution < 1.29 is 0 Å². The summed E-state index contributed by atoms with van der Waals surface area (Å²) in [6, 6.07) is 66.9. The number of amidine groups is 2. The van der Waals surface area contributed by atoms with Crippen LogP contribution in [0.15, 0.2) is 198 Å². The van der Waals surface area contributed by atoms with E-state index in [4.69, 9.17) is 9.98 Å². The molecule has 0 fully saturated rings. The minimum absolute atomic E-state index is 0.407. The summed E-state index contributed by atoms with van der Waals surface area (Å²) in [7, 11) is 0. The Labute approximate surface area is 311 Å². The topological polar surface area (TPSA) is 46.6 Å². The monoisotopic (exact) mass is 691 g/mol. The number of para-hydroxylation sites is 2. The van der Waals surface area contributed by atoms with Crippen molar-refractivity contribution in [2.45, 2.75) is 6.29 Å². The molecule has 3 heterocycles. The highest BCUT2D eigenvalue weighted by molar-refractivity contribution is 6.22. The highest BCUT2D eigenvalue weighted by Crippen LogP contribution is 2.40. The molecule has 0 spiro atoms. The van der Waals surface area contributed by atoms with Crippen LogP contribution in [0.1, 0.15) is 17.4 Å². The van der Waals surface area contributed by atoms with E-state index in [0.29, 0.717) is 5.84 Å². The number of aromatic nitrogens is 2. The highest BCUT2D eigenvalue weighted by Gasteiger charge is 2.25. The van der Waals surface area contributed by atoms with Crippen LogP contribution in [0, 0.1) is 0 Å². The third-order valence-corrected chi connectivity index (χ3v) is 10.8. The van der Waals surface area contributed by atoms with Gasteiger partial charge in [0.05, 0.1) is 22.1 Å². The van der Waals surface area contributed by atoms with E-state index in [9.17, 15) is 0 Å². The fraction of sp³-hybridized carbons (Fsp3) is 0.0204. The van der Waals surface area contributed by atoms with Gasteiger partial charge in [0.15, 0.2) is 5.84 Å². The van der Waals surface area contributed by atoms with Crippen LogP contribution in [0.3, 0.4) is 0 Å². The number of fused-ring (bicyclic) bond motifs is 8. The Bertz CT molecular complexity index is 3120. The summed E-state index contributed by atoms with van der Waals surface area (Å²) < 4.78 is 4.71. The van der Waals surface area contributed by atoms with Crippen LogP contribution in [0.5, 0.6) is 0 Å². The molecule has 0 bridgehead atoms. The van der Waals surface area contributed by atoms with Gasteiger partial charge in [-0.15, -0.1) is 0 Å². The molecule has 1 aliphatic heterocycles. The predicted octanol–water partition coefficient (Wildman–Crippen LogP) is 11.7. The van der Waals surface area contributed by atoms with Gasteiger partial charge in [0.1, 0.15) is 5.84 Å². The van der Waals surface area contributed by atoms with Crippen molar-refractivity contribution in [3.63, 3.8) is 0 Å². The van der Waals surface area contributed by atoms with Gasteiger partial charge >= 0.3 is 0 Å². The Hall–Kier alpha value is -7.24. The predicted molar refractivity (Wildman–Crippen MR) is 225 cm³/mol. The Kier molecular flexibility index (Phi) is 6.85. The first-order valence-electron chi connectivity index (χ1n) is 18.4. The van der Waals surface area contributed by atoms with Gasteiger partial charge < -0.3 is 14.5 Å². The first-order chi connectivity index (χ1) is 26.8. The fourth-order valence-corrected chi connectivity index (χ4v) is 8.30. The zero-order chi connectivity index (χ0) is 35.6.